The summed E-state index contributed by atoms with van der Waals surface area (Å²) in [4.78, 5) is 26.7. The van der Waals surface area contributed by atoms with E-state index in [0.717, 1.165) is 17.7 Å². The van der Waals surface area contributed by atoms with E-state index < -0.39 is 6.04 Å². The van der Waals surface area contributed by atoms with Crippen molar-refractivity contribution >= 4 is 17.5 Å². The first-order valence-corrected chi connectivity index (χ1v) is 7.83. The van der Waals surface area contributed by atoms with Crippen LogP contribution in [0.25, 0.3) is 0 Å². The number of fused-ring (bicyclic) bond motifs is 1. The lowest BCUT2D eigenvalue weighted by atomic mass is 10.1. The normalized spacial score (nSPS) is 14.3. The molecule has 1 heterocycles. The number of carbonyl (C=O) groups excluding carboxylic acids is 2. The highest BCUT2D eigenvalue weighted by Gasteiger charge is 2.28. The van der Waals surface area contributed by atoms with E-state index in [0.29, 0.717) is 12.1 Å². The average Bonchev–Trinajstić information content (AvgIpc) is 2.98. The molecule has 0 aromatic heterocycles. The molecule has 0 unspecified atom stereocenters. The molecule has 0 saturated heterocycles. The van der Waals surface area contributed by atoms with Crippen LogP contribution in [0.1, 0.15) is 28.4 Å². The first-order chi connectivity index (χ1) is 11.1. The van der Waals surface area contributed by atoms with Crippen LogP contribution in [-0.4, -0.2) is 24.4 Å². The van der Waals surface area contributed by atoms with Crippen LogP contribution < -0.4 is 10.2 Å². The number of amides is 2. The molecule has 0 aliphatic carbocycles. The monoisotopic (exact) mass is 308 g/mol. The van der Waals surface area contributed by atoms with Crippen LogP contribution in [0.15, 0.2) is 48.5 Å². The Morgan fingerprint density at radius 3 is 2.70 bits per heavy atom. The van der Waals surface area contributed by atoms with Crippen LogP contribution in [0.2, 0.25) is 0 Å². The van der Waals surface area contributed by atoms with Gasteiger partial charge >= 0.3 is 0 Å². The molecule has 4 nitrogen and oxygen atoms in total. The highest BCUT2D eigenvalue weighted by Crippen LogP contribution is 2.27. The third-order valence-corrected chi connectivity index (χ3v) is 4.15. The fraction of sp³-hybridized carbons (Fsp3) is 0.263. The van der Waals surface area contributed by atoms with Crippen molar-refractivity contribution in [2.75, 3.05) is 11.4 Å². The van der Waals surface area contributed by atoms with E-state index in [4.69, 9.17) is 0 Å². The molecule has 1 aliphatic rings. The number of hydrogen-bond acceptors (Lipinski definition) is 2. The Balaban J connectivity index is 1.70. The fourth-order valence-electron chi connectivity index (χ4n) is 2.93. The van der Waals surface area contributed by atoms with Gasteiger partial charge in [0.25, 0.3) is 5.91 Å². The van der Waals surface area contributed by atoms with Crippen LogP contribution in [0.3, 0.4) is 0 Å². The summed E-state index contributed by atoms with van der Waals surface area (Å²) >= 11 is 0. The zero-order valence-corrected chi connectivity index (χ0v) is 13.4. The molecule has 23 heavy (non-hydrogen) atoms. The highest BCUT2D eigenvalue weighted by molar-refractivity contribution is 6.03. The van der Waals surface area contributed by atoms with E-state index in [9.17, 15) is 9.59 Å². The van der Waals surface area contributed by atoms with E-state index in [1.54, 1.807) is 17.9 Å². The molecule has 1 N–H and O–H groups in total. The lowest BCUT2D eigenvalue weighted by Gasteiger charge is -2.22. The van der Waals surface area contributed by atoms with Crippen LogP contribution in [0.5, 0.6) is 0 Å². The van der Waals surface area contributed by atoms with Gasteiger partial charge in [0.2, 0.25) is 5.91 Å². The second-order valence-corrected chi connectivity index (χ2v) is 5.93. The largest absolute Gasteiger partial charge is 0.341 e. The number of carbonyl (C=O) groups is 2. The molecule has 0 saturated carbocycles. The first kappa shape index (κ1) is 15.3. The summed E-state index contributed by atoms with van der Waals surface area (Å²) in [5.74, 6) is -0.294. The SMILES string of the molecule is Cc1cccc(C(=O)N[C@@H](C)C(=O)N2CCc3ccccc32)c1. The molecule has 4 heteroatoms. The minimum absolute atomic E-state index is 0.0732. The van der Waals surface area contributed by atoms with Crippen molar-refractivity contribution in [3.05, 3.63) is 65.2 Å². The Bertz CT molecular complexity index is 755. The molecule has 0 bridgehead atoms. The van der Waals surface area contributed by atoms with Gasteiger partial charge in [0.05, 0.1) is 0 Å². The van der Waals surface area contributed by atoms with Crippen molar-refractivity contribution in [3.8, 4) is 0 Å². The second kappa shape index (κ2) is 6.24. The molecule has 1 aliphatic heterocycles. The summed E-state index contributed by atoms with van der Waals surface area (Å²) in [5, 5.41) is 2.80. The standard InChI is InChI=1S/C19H20N2O2/c1-13-6-5-8-16(12-13)18(22)20-14(2)19(23)21-11-10-15-7-3-4-9-17(15)21/h3-9,12,14H,10-11H2,1-2H3,(H,20,22)/t14-/m0/s1. The Morgan fingerprint density at radius 1 is 1.13 bits per heavy atom. The molecule has 2 aromatic carbocycles. The van der Waals surface area contributed by atoms with E-state index in [1.165, 1.54) is 5.56 Å². The van der Waals surface area contributed by atoms with Gasteiger partial charge in [-0.3, -0.25) is 9.59 Å². The fourth-order valence-corrected chi connectivity index (χ4v) is 2.93. The molecular weight excluding hydrogens is 288 g/mol. The van der Waals surface area contributed by atoms with Crippen LogP contribution in [0.4, 0.5) is 5.69 Å². The Hall–Kier alpha value is -2.62. The van der Waals surface area contributed by atoms with Gasteiger partial charge in [0.1, 0.15) is 6.04 Å². The van der Waals surface area contributed by atoms with Crippen molar-refractivity contribution in [2.45, 2.75) is 26.3 Å². The number of nitrogens with zero attached hydrogens (tertiary/aromatic N) is 1. The maximum Gasteiger partial charge on any atom is 0.251 e. The molecule has 3 rings (SSSR count). The van der Waals surface area contributed by atoms with E-state index >= 15 is 0 Å². The predicted octanol–water partition coefficient (Wildman–Crippen LogP) is 2.70. The van der Waals surface area contributed by atoms with Gasteiger partial charge < -0.3 is 10.2 Å². The van der Waals surface area contributed by atoms with Crippen molar-refractivity contribution in [1.29, 1.82) is 0 Å². The third-order valence-electron chi connectivity index (χ3n) is 4.15. The maximum atomic E-state index is 12.7. The number of aryl methyl sites for hydroxylation is 1. The number of anilines is 1. The maximum absolute atomic E-state index is 12.7. The van der Waals surface area contributed by atoms with Crippen LogP contribution >= 0.6 is 0 Å². The van der Waals surface area contributed by atoms with Gasteiger partial charge in [-0.25, -0.2) is 0 Å². The molecule has 0 fully saturated rings. The Morgan fingerprint density at radius 2 is 1.91 bits per heavy atom. The number of nitrogens with one attached hydrogen (secondary N) is 1. The summed E-state index contributed by atoms with van der Waals surface area (Å²) in [5.41, 5.74) is 3.73. The van der Waals surface area contributed by atoms with Gasteiger partial charge in [-0.15, -0.1) is 0 Å². The highest BCUT2D eigenvalue weighted by atomic mass is 16.2. The van der Waals surface area contributed by atoms with Crippen LogP contribution in [-0.2, 0) is 11.2 Å². The number of benzene rings is 2. The summed E-state index contributed by atoms with van der Waals surface area (Å²) in [6.45, 7) is 4.34. The first-order valence-electron chi connectivity index (χ1n) is 7.83. The molecular formula is C19H20N2O2. The summed E-state index contributed by atoms with van der Waals surface area (Å²) < 4.78 is 0. The summed E-state index contributed by atoms with van der Waals surface area (Å²) in [6.07, 6.45) is 0.862. The summed E-state index contributed by atoms with van der Waals surface area (Å²) in [6, 6.07) is 14.7. The topological polar surface area (TPSA) is 49.4 Å². The minimum atomic E-state index is -0.561. The van der Waals surface area contributed by atoms with Gasteiger partial charge in [-0.1, -0.05) is 35.9 Å². The minimum Gasteiger partial charge on any atom is -0.341 e. The average molecular weight is 308 g/mol. The third kappa shape index (κ3) is 3.11. The molecule has 2 amide bonds. The number of hydrogen-bond donors (Lipinski definition) is 1. The molecule has 0 radical (unpaired) electrons. The zero-order chi connectivity index (χ0) is 16.4. The number of para-hydroxylation sites is 1. The van der Waals surface area contributed by atoms with Crippen LogP contribution in [0, 0.1) is 6.92 Å². The van der Waals surface area contributed by atoms with Crippen molar-refractivity contribution in [2.24, 2.45) is 0 Å². The van der Waals surface area contributed by atoms with Gasteiger partial charge in [0.15, 0.2) is 0 Å². The van der Waals surface area contributed by atoms with Crippen molar-refractivity contribution < 1.29 is 9.59 Å². The zero-order valence-electron chi connectivity index (χ0n) is 13.4. The second-order valence-electron chi connectivity index (χ2n) is 5.93. The van der Waals surface area contributed by atoms with Gasteiger partial charge in [-0.05, 0) is 44.0 Å². The number of rotatable bonds is 3. The molecule has 0 spiro atoms. The molecule has 2 aromatic rings. The quantitative estimate of drug-likeness (QED) is 0.948. The Labute approximate surface area is 136 Å². The van der Waals surface area contributed by atoms with Gasteiger partial charge in [-0.2, -0.15) is 0 Å². The predicted molar refractivity (Wildman–Crippen MR) is 90.6 cm³/mol. The summed E-state index contributed by atoms with van der Waals surface area (Å²) in [7, 11) is 0. The van der Waals surface area contributed by atoms with E-state index in [1.807, 2.05) is 49.4 Å². The Kier molecular flexibility index (Phi) is 4.15. The lowest BCUT2D eigenvalue weighted by Crippen LogP contribution is -2.46. The lowest BCUT2D eigenvalue weighted by molar-refractivity contribution is -0.119. The van der Waals surface area contributed by atoms with Crippen molar-refractivity contribution in [3.63, 3.8) is 0 Å². The molecule has 1 atom stereocenters. The van der Waals surface area contributed by atoms with E-state index in [2.05, 4.69) is 5.32 Å². The van der Waals surface area contributed by atoms with Crippen molar-refractivity contribution in [1.82, 2.24) is 5.32 Å². The van der Waals surface area contributed by atoms with E-state index in [-0.39, 0.29) is 11.8 Å². The molecule has 118 valence electrons. The smallest absolute Gasteiger partial charge is 0.251 e. The van der Waals surface area contributed by atoms with Gasteiger partial charge in [0, 0.05) is 17.8 Å².